The molecule has 3 heteroatoms. The number of aryl methyl sites for hydroxylation is 1. The molecule has 0 saturated heterocycles. The van der Waals surface area contributed by atoms with Crippen LogP contribution in [0, 0.1) is 23.2 Å². The summed E-state index contributed by atoms with van der Waals surface area (Å²) in [6.45, 7) is 2.22. The van der Waals surface area contributed by atoms with Gasteiger partial charge in [0.1, 0.15) is 0 Å². The second-order valence-corrected chi connectivity index (χ2v) is 5.16. The molecule has 3 nitrogen and oxygen atoms in total. The Morgan fingerprint density at radius 2 is 1.73 bits per heavy atom. The summed E-state index contributed by atoms with van der Waals surface area (Å²) in [7, 11) is 0. The fourth-order valence-electron chi connectivity index (χ4n) is 2.19. The number of aromatic nitrogens is 2. The maximum Gasteiger partial charge on any atom is 0.159 e. The predicted octanol–water partition coefficient (Wildman–Crippen LogP) is 4.14. The first-order chi connectivity index (χ1) is 10.8. The van der Waals surface area contributed by atoms with Crippen molar-refractivity contribution < 1.29 is 0 Å². The summed E-state index contributed by atoms with van der Waals surface area (Å²) in [6, 6.07) is 9.42. The van der Waals surface area contributed by atoms with E-state index in [0.29, 0.717) is 0 Å². The minimum atomic E-state index is 0.720. The topological polar surface area (TPSA) is 49.6 Å². The maximum absolute atomic E-state index is 8.43. The normalized spacial score (nSPS) is 9.64. The average molecular weight is 289 g/mol. The van der Waals surface area contributed by atoms with E-state index in [4.69, 9.17) is 5.26 Å². The van der Waals surface area contributed by atoms with E-state index in [1.165, 1.54) is 31.2 Å². The van der Waals surface area contributed by atoms with E-state index in [-0.39, 0.29) is 0 Å². The lowest BCUT2D eigenvalue weighted by atomic mass is 10.1. The highest BCUT2D eigenvalue weighted by molar-refractivity contribution is 5.56. The molecule has 0 radical (unpaired) electrons. The molecule has 0 N–H and O–H groups in total. The summed E-state index contributed by atoms with van der Waals surface area (Å²) in [5, 5.41) is 8.43. The van der Waals surface area contributed by atoms with Crippen molar-refractivity contribution in [1.82, 2.24) is 9.97 Å². The summed E-state index contributed by atoms with van der Waals surface area (Å²) >= 11 is 0. The Morgan fingerprint density at radius 1 is 1.00 bits per heavy atom. The summed E-state index contributed by atoms with van der Waals surface area (Å²) in [6.07, 6.45) is 9.88. The lowest BCUT2D eigenvalue weighted by Crippen LogP contribution is -1.93. The van der Waals surface area contributed by atoms with Crippen molar-refractivity contribution in [2.45, 2.75) is 39.0 Å². The highest BCUT2D eigenvalue weighted by Gasteiger charge is 2.01. The quantitative estimate of drug-likeness (QED) is 0.593. The van der Waals surface area contributed by atoms with Crippen molar-refractivity contribution in [3.05, 3.63) is 47.8 Å². The van der Waals surface area contributed by atoms with Crippen LogP contribution in [0.2, 0.25) is 0 Å². The highest BCUT2D eigenvalue weighted by Crippen LogP contribution is 2.15. The lowest BCUT2D eigenvalue weighted by Gasteiger charge is -2.03. The van der Waals surface area contributed by atoms with Crippen molar-refractivity contribution in [3.8, 4) is 29.3 Å². The van der Waals surface area contributed by atoms with Gasteiger partial charge in [-0.05, 0) is 42.7 Å². The zero-order chi connectivity index (χ0) is 15.6. The number of benzene rings is 1. The Balaban J connectivity index is 1.99. The van der Waals surface area contributed by atoms with Gasteiger partial charge in [-0.15, -0.1) is 0 Å². The molecule has 1 heterocycles. The second-order valence-electron chi connectivity index (χ2n) is 5.16. The van der Waals surface area contributed by atoms with Gasteiger partial charge < -0.3 is 0 Å². The molecule has 22 heavy (non-hydrogen) atoms. The smallest absolute Gasteiger partial charge is 0.159 e. The van der Waals surface area contributed by atoms with E-state index < -0.39 is 0 Å². The minimum absolute atomic E-state index is 0.720. The van der Waals surface area contributed by atoms with Crippen LogP contribution in [-0.4, -0.2) is 9.97 Å². The molecule has 1 aromatic carbocycles. The summed E-state index contributed by atoms with van der Waals surface area (Å²) < 4.78 is 0. The first-order valence-electron chi connectivity index (χ1n) is 7.65. The third-order valence-electron chi connectivity index (χ3n) is 3.43. The third kappa shape index (κ3) is 4.72. The van der Waals surface area contributed by atoms with Gasteiger partial charge in [-0.25, -0.2) is 9.97 Å². The molecule has 2 aromatic rings. The third-order valence-corrected chi connectivity index (χ3v) is 3.43. The molecule has 0 fully saturated rings. The van der Waals surface area contributed by atoms with Crippen LogP contribution in [0.25, 0.3) is 11.4 Å². The lowest BCUT2D eigenvalue weighted by molar-refractivity contribution is 0.665. The Morgan fingerprint density at radius 3 is 2.36 bits per heavy atom. The zero-order valence-corrected chi connectivity index (χ0v) is 12.8. The monoisotopic (exact) mass is 289 g/mol. The number of hydrogen-bond acceptors (Lipinski definition) is 3. The van der Waals surface area contributed by atoms with Crippen LogP contribution in [-0.2, 0) is 6.42 Å². The van der Waals surface area contributed by atoms with Gasteiger partial charge in [-0.1, -0.05) is 32.1 Å². The first-order valence-corrected chi connectivity index (χ1v) is 7.65. The van der Waals surface area contributed by atoms with Crippen molar-refractivity contribution in [2.24, 2.45) is 0 Å². The molecule has 0 aliphatic heterocycles. The van der Waals surface area contributed by atoms with Gasteiger partial charge >= 0.3 is 0 Å². The van der Waals surface area contributed by atoms with Gasteiger partial charge in [-0.3, -0.25) is 0 Å². The Labute approximate surface area is 132 Å². The molecule has 2 rings (SSSR count). The number of nitrogens with zero attached hydrogens (tertiary/aromatic N) is 3. The molecule has 110 valence electrons. The molecule has 0 spiro atoms. The van der Waals surface area contributed by atoms with Crippen LogP contribution in [0.5, 0.6) is 0 Å². The van der Waals surface area contributed by atoms with E-state index in [2.05, 4.69) is 28.7 Å². The fraction of sp³-hybridized carbons (Fsp3) is 0.316. The maximum atomic E-state index is 8.43. The second kappa shape index (κ2) is 8.60. The number of unbranched alkanes of at least 4 members (excludes halogenated alkanes) is 3. The molecule has 0 atom stereocenters. The van der Waals surface area contributed by atoms with Gasteiger partial charge in [0.15, 0.2) is 11.9 Å². The predicted molar refractivity (Wildman–Crippen MR) is 87.8 cm³/mol. The van der Waals surface area contributed by atoms with Gasteiger partial charge in [0, 0.05) is 29.4 Å². The Kier molecular flexibility index (Phi) is 6.15. The number of rotatable bonds is 6. The summed E-state index contributed by atoms with van der Waals surface area (Å²) in [5.74, 6) is 5.87. The van der Waals surface area contributed by atoms with Crippen LogP contribution in [0.15, 0.2) is 36.7 Å². The van der Waals surface area contributed by atoms with E-state index in [1.54, 1.807) is 0 Å². The van der Waals surface area contributed by atoms with E-state index in [1.807, 2.05) is 42.7 Å². The van der Waals surface area contributed by atoms with Crippen molar-refractivity contribution in [1.29, 1.82) is 5.26 Å². The molecule has 0 amide bonds. The van der Waals surface area contributed by atoms with Crippen LogP contribution in [0.4, 0.5) is 0 Å². The number of hydrogen-bond donors (Lipinski definition) is 0. The minimum Gasteiger partial charge on any atom is -0.236 e. The molecule has 0 bridgehead atoms. The molecular weight excluding hydrogens is 270 g/mol. The molecule has 0 aliphatic rings. The number of nitriles is 1. The molecule has 0 saturated carbocycles. The van der Waals surface area contributed by atoms with Gasteiger partial charge in [0.2, 0.25) is 0 Å². The van der Waals surface area contributed by atoms with E-state index in [0.717, 1.165) is 23.4 Å². The van der Waals surface area contributed by atoms with Crippen LogP contribution >= 0.6 is 0 Å². The van der Waals surface area contributed by atoms with Crippen LogP contribution in [0.3, 0.4) is 0 Å². The molecular formula is C19H19N3. The summed E-state index contributed by atoms with van der Waals surface area (Å²) in [4.78, 5) is 8.88. The average Bonchev–Trinajstić information content (AvgIpc) is 2.58. The van der Waals surface area contributed by atoms with Gasteiger partial charge in [0.05, 0.1) is 0 Å². The fourth-order valence-corrected chi connectivity index (χ4v) is 2.19. The zero-order valence-electron chi connectivity index (χ0n) is 12.8. The Bertz CT molecular complexity index is 683. The van der Waals surface area contributed by atoms with E-state index in [9.17, 15) is 0 Å². The van der Waals surface area contributed by atoms with Crippen molar-refractivity contribution in [2.75, 3.05) is 0 Å². The first kappa shape index (κ1) is 15.7. The molecule has 0 aliphatic carbocycles. The van der Waals surface area contributed by atoms with Crippen LogP contribution in [0.1, 0.15) is 43.7 Å². The largest absolute Gasteiger partial charge is 0.236 e. The van der Waals surface area contributed by atoms with E-state index >= 15 is 0 Å². The van der Waals surface area contributed by atoms with Gasteiger partial charge in [-0.2, -0.15) is 5.26 Å². The molecule has 0 unspecified atom stereocenters. The molecule has 1 aromatic heterocycles. The Hall–Kier alpha value is -2.65. The summed E-state index contributed by atoms with van der Waals surface area (Å²) in [5.41, 5.74) is 2.97. The highest BCUT2D eigenvalue weighted by atomic mass is 14.9. The SMILES string of the molecule is CCCCCCc1cnc(-c2ccc(C#CC#N)cc2)nc1. The van der Waals surface area contributed by atoms with Crippen LogP contribution < -0.4 is 0 Å². The van der Waals surface area contributed by atoms with Crippen molar-refractivity contribution >= 4 is 0 Å². The van der Waals surface area contributed by atoms with Gasteiger partial charge in [0.25, 0.3) is 0 Å². The standard InChI is InChI=1S/C19H19N3/c1-2-3-4-5-7-17-14-21-19(22-15-17)18-11-9-16(10-12-18)8-6-13-20/h9-12,14-15H,2-5,7H2,1H3. The van der Waals surface area contributed by atoms with Crippen molar-refractivity contribution in [3.63, 3.8) is 0 Å².